The van der Waals surface area contributed by atoms with Crippen LogP contribution in [0.4, 0.5) is 14.6 Å². The molecule has 0 spiro atoms. The van der Waals surface area contributed by atoms with Crippen LogP contribution in [-0.4, -0.2) is 30.6 Å². The lowest BCUT2D eigenvalue weighted by Gasteiger charge is -2.13. The zero-order valence-electron chi connectivity index (χ0n) is 14.7. The molecule has 0 bridgehead atoms. The van der Waals surface area contributed by atoms with Gasteiger partial charge in [0.05, 0.1) is 6.61 Å². The zero-order valence-corrected chi connectivity index (χ0v) is 14.7. The highest BCUT2D eigenvalue weighted by atomic mass is 19.1. The van der Waals surface area contributed by atoms with Gasteiger partial charge < -0.3 is 20.5 Å². The van der Waals surface area contributed by atoms with Crippen LogP contribution >= 0.6 is 0 Å². The topological polar surface area (TPSA) is 93.2 Å². The zero-order chi connectivity index (χ0) is 19.1. The number of hydrogen-bond donors (Lipinski definition) is 3. The second-order valence-electron chi connectivity index (χ2n) is 5.60. The average molecular weight is 364 g/mol. The van der Waals surface area contributed by atoms with Crippen molar-refractivity contribution < 1.29 is 18.3 Å². The minimum absolute atomic E-state index is 0.110. The second-order valence-corrected chi connectivity index (χ2v) is 5.60. The Balaban J connectivity index is 2.20. The van der Waals surface area contributed by atoms with Gasteiger partial charge in [-0.15, -0.1) is 0 Å². The summed E-state index contributed by atoms with van der Waals surface area (Å²) in [6.45, 7) is 4.62. The first-order valence-corrected chi connectivity index (χ1v) is 8.23. The predicted molar refractivity (Wildman–Crippen MR) is 96.0 cm³/mol. The van der Waals surface area contributed by atoms with E-state index in [1.165, 1.54) is 13.0 Å². The Labute approximate surface area is 150 Å². The van der Waals surface area contributed by atoms with Gasteiger partial charge in [0.2, 0.25) is 0 Å². The van der Waals surface area contributed by atoms with Crippen LogP contribution in [-0.2, 0) is 4.74 Å². The van der Waals surface area contributed by atoms with Gasteiger partial charge in [0, 0.05) is 24.3 Å². The lowest BCUT2D eigenvalue weighted by Crippen LogP contribution is -2.14. The van der Waals surface area contributed by atoms with Crippen LogP contribution in [0.25, 0.3) is 0 Å². The molecule has 8 heteroatoms. The molecule has 0 radical (unpaired) electrons. The van der Waals surface area contributed by atoms with Crippen LogP contribution in [0.1, 0.15) is 24.5 Å². The number of nitrogen functional groups attached to an aromatic ring is 1. The van der Waals surface area contributed by atoms with E-state index in [0.29, 0.717) is 25.3 Å². The molecule has 2 rings (SSSR count). The molecule has 1 heterocycles. The second kappa shape index (κ2) is 9.10. The van der Waals surface area contributed by atoms with E-state index in [1.54, 1.807) is 18.2 Å². The predicted octanol–water partition coefficient (Wildman–Crippen LogP) is 3.58. The van der Waals surface area contributed by atoms with Gasteiger partial charge in [0.15, 0.2) is 17.5 Å². The third kappa shape index (κ3) is 4.89. The molecule has 0 saturated carbocycles. The monoisotopic (exact) mass is 364 g/mol. The van der Waals surface area contributed by atoms with Crippen LogP contribution in [0, 0.1) is 24.0 Å². The molecule has 26 heavy (non-hydrogen) atoms. The van der Waals surface area contributed by atoms with Crippen molar-refractivity contribution in [3.8, 4) is 11.6 Å². The summed E-state index contributed by atoms with van der Waals surface area (Å²) in [7, 11) is 0. The fourth-order valence-corrected chi connectivity index (χ4v) is 2.15. The molecule has 0 atom stereocenters. The average Bonchev–Trinajstić information content (AvgIpc) is 2.63. The molecule has 0 amide bonds. The Bertz CT molecular complexity index is 784. The first kappa shape index (κ1) is 19.6. The van der Waals surface area contributed by atoms with Crippen molar-refractivity contribution in [3.05, 3.63) is 47.0 Å². The van der Waals surface area contributed by atoms with Crippen LogP contribution in [0.15, 0.2) is 24.3 Å². The van der Waals surface area contributed by atoms with Crippen LogP contribution < -0.4 is 15.8 Å². The standard InChI is InChI=1S/C18H22F2N4O2/c1-3-8-25-9-7-23-17-14(19)11(2)15(20)18(24-17)26-13-6-4-5-12(10-13)16(21)22/h4-6,10H,3,7-9H2,1-2H3,(H3,21,22)(H,23,24). The number of ether oxygens (including phenoxy) is 2. The van der Waals surface area contributed by atoms with E-state index in [1.807, 2.05) is 6.92 Å². The van der Waals surface area contributed by atoms with E-state index in [9.17, 15) is 8.78 Å². The number of anilines is 1. The van der Waals surface area contributed by atoms with Crippen molar-refractivity contribution in [2.45, 2.75) is 20.3 Å². The number of hydrogen-bond acceptors (Lipinski definition) is 5. The van der Waals surface area contributed by atoms with E-state index < -0.39 is 11.6 Å². The quantitative estimate of drug-likeness (QED) is 0.359. The molecule has 2 aromatic rings. The smallest absolute Gasteiger partial charge is 0.258 e. The Morgan fingerprint density at radius 2 is 2.04 bits per heavy atom. The number of benzene rings is 1. The van der Waals surface area contributed by atoms with E-state index in [-0.39, 0.29) is 28.8 Å². The largest absolute Gasteiger partial charge is 0.436 e. The summed E-state index contributed by atoms with van der Waals surface area (Å²) in [5, 5.41) is 10.2. The summed E-state index contributed by atoms with van der Waals surface area (Å²) < 4.78 is 39.3. The van der Waals surface area contributed by atoms with E-state index in [2.05, 4.69) is 10.3 Å². The molecule has 6 nitrogen and oxygen atoms in total. The first-order chi connectivity index (χ1) is 12.4. The SMILES string of the molecule is CCCOCCNc1nc(Oc2cccc(C(=N)N)c2)c(F)c(C)c1F. The molecule has 0 unspecified atom stereocenters. The molecular formula is C18H22F2N4O2. The number of nitrogens with two attached hydrogens (primary N) is 1. The van der Waals surface area contributed by atoms with Crippen molar-refractivity contribution in [1.82, 2.24) is 4.98 Å². The number of nitrogens with zero attached hydrogens (tertiary/aromatic N) is 1. The lowest BCUT2D eigenvalue weighted by molar-refractivity contribution is 0.144. The molecular weight excluding hydrogens is 342 g/mol. The number of amidine groups is 1. The highest BCUT2D eigenvalue weighted by Crippen LogP contribution is 2.29. The molecule has 0 fully saturated rings. The molecule has 1 aromatic heterocycles. The summed E-state index contributed by atoms with van der Waals surface area (Å²) in [4.78, 5) is 3.90. The van der Waals surface area contributed by atoms with Crippen LogP contribution in [0.5, 0.6) is 11.6 Å². The Kier molecular flexibility index (Phi) is 6.85. The van der Waals surface area contributed by atoms with Gasteiger partial charge in [-0.3, -0.25) is 5.41 Å². The number of pyridine rings is 1. The van der Waals surface area contributed by atoms with Crippen LogP contribution in [0.2, 0.25) is 0 Å². The van der Waals surface area contributed by atoms with Gasteiger partial charge in [-0.05, 0) is 25.5 Å². The van der Waals surface area contributed by atoms with E-state index in [0.717, 1.165) is 6.42 Å². The van der Waals surface area contributed by atoms with Gasteiger partial charge in [0.25, 0.3) is 5.88 Å². The van der Waals surface area contributed by atoms with Gasteiger partial charge in [-0.25, -0.2) is 8.78 Å². The first-order valence-electron chi connectivity index (χ1n) is 8.23. The molecule has 0 saturated heterocycles. The summed E-state index contributed by atoms with van der Waals surface area (Å²) in [6.07, 6.45) is 0.888. The highest BCUT2D eigenvalue weighted by molar-refractivity contribution is 5.95. The van der Waals surface area contributed by atoms with Crippen LogP contribution in [0.3, 0.4) is 0 Å². The minimum atomic E-state index is -0.886. The maximum atomic E-state index is 14.3. The van der Waals surface area contributed by atoms with Crippen molar-refractivity contribution in [2.24, 2.45) is 5.73 Å². The third-order valence-corrected chi connectivity index (χ3v) is 3.51. The maximum absolute atomic E-state index is 14.3. The number of nitrogens with one attached hydrogen (secondary N) is 2. The fraction of sp³-hybridized carbons (Fsp3) is 0.333. The maximum Gasteiger partial charge on any atom is 0.258 e. The normalized spacial score (nSPS) is 10.6. The van der Waals surface area contributed by atoms with E-state index in [4.69, 9.17) is 20.6 Å². The molecule has 1 aromatic carbocycles. The minimum Gasteiger partial charge on any atom is -0.436 e. The van der Waals surface area contributed by atoms with Gasteiger partial charge >= 0.3 is 0 Å². The Hall–Kier alpha value is -2.74. The number of halogens is 2. The fourth-order valence-electron chi connectivity index (χ4n) is 2.15. The summed E-state index contributed by atoms with van der Waals surface area (Å²) in [5.74, 6) is -2.03. The molecule has 4 N–H and O–H groups in total. The molecule has 0 aliphatic carbocycles. The molecule has 140 valence electrons. The lowest BCUT2D eigenvalue weighted by atomic mass is 10.2. The van der Waals surface area contributed by atoms with Gasteiger partial charge in [-0.2, -0.15) is 4.98 Å². The Morgan fingerprint density at radius 1 is 1.27 bits per heavy atom. The highest BCUT2D eigenvalue weighted by Gasteiger charge is 2.19. The summed E-state index contributed by atoms with van der Waals surface area (Å²) >= 11 is 0. The number of aromatic nitrogens is 1. The summed E-state index contributed by atoms with van der Waals surface area (Å²) in [6, 6.07) is 6.29. The molecule has 0 aliphatic heterocycles. The molecule has 0 aliphatic rings. The van der Waals surface area contributed by atoms with Crippen molar-refractivity contribution in [1.29, 1.82) is 5.41 Å². The third-order valence-electron chi connectivity index (χ3n) is 3.51. The summed E-state index contributed by atoms with van der Waals surface area (Å²) in [5.41, 5.74) is 5.65. The number of rotatable bonds is 9. The van der Waals surface area contributed by atoms with E-state index >= 15 is 0 Å². The van der Waals surface area contributed by atoms with Gasteiger partial charge in [-0.1, -0.05) is 19.1 Å². The van der Waals surface area contributed by atoms with Gasteiger partial charge in [0.1, 0.15) is 11.6 Å². The van der Waals surface area contributed by atoms with Crippen molar-refractivity contribution in [2.75, 3.05) is 25.1 Å². The van der Waals surface area contributed by atoms with Crippen molar-refractivity contribution >= 4 is 11.7 Å². The Morgan fingerprint density at radius 3 is 2.73 bits per heavy atom. The van der Waals surface area contributed by atoms with Crippen molar-refractivity contribution in [3.63, 3.8) is 0 Å².